The lowest BCUT2D eigenvalue weighted by Gasteiger charge is -2.14. The summed E-state index contributed by atoms with van der Waals surface area (Å²) in [6.07, 6.45) is 2.84. The molecule has 1 aliphatic heterocycles. The molecule has 5 heteroatoms. The van der Waals surface area contributed by atoms with Crippen LogP contribution in [0.15, 0.2) is 12.3 Å². The van der Waals surface area contributed by atoms with Crippen LogP contribution in [0.2, 0.25) is 0 Å². The highest BCUT2D eigenvalue weighted by Gasteiger charge is 2.27. The molecular formula is C14H17N3OS. The standard InChI is InChI=1S/C14H17N3OS/c1-8-4-6-17(7-8)14(18)12-11(15)10-9(2)3-5-16-13(10)19-12/h3,5,8H,4,6-7,15H2,1-2H3. The number of aromatic nitrogens is 1. The van der Waals surface area contributed by atoms with E-state index >= 15 is 0 Å². The van der Waals surface area contributed by atoms with Crippen LogP contribution in [0.25, 0.3) is 10.2 Å². The number of hydrogen-bond donors (Lipinski definition) is 1. The highest BCUT2D eigenvalue weighted by molar-refractivity contribution is 7.21. The molecule has 0 aliphatic carbocycles. The first-order valence-corrected chi connectivity index (χ1v) is 7.32. The van der Waals surface area contributed by atoms with Gasteiger partial charge in [-0.2, -0.15) is 0 Å². The van der Waals surface area contributed by atoms with Gasteiger partial charge in [0.05, 0.1) is 5.69 Å². The number of nitrogens with zero attached hydrogens (tertiary/aromatic N) is 2. The number of hydrogen-bond acceptors (Lipinski definition) is 4. The van der Waals surface area contributed by atoms with Gasteiger partial charge < -0.3 is 10.6 Å². The largest absolute Gasteiger partial charge is 0.397 e. The van der Waals surface area contributed by atoms with E-state index in [0.29, 0.717) is 16.5 Å². The zero-order valence-corrected chi connectivity index (χ0v) is 12.0. The van der Waals surface area contributed by atoms with Crippen molar-refractivity contribution in [3.05, 3.63) is 22.7 Å². The predicted octanol–water partition coefficient (Wildman–Crippen LogP) is 2.67. The lowest BCUT2D eigenvalue weighted by atomic mass is 10.1. The van der Waals surface area contributed by atoms with Crippen molar-refractivity contribution >= 4 is 33.1 Å². The van der Waals surface area contributed by atoms with Gasteiger partial charge in [-0.15, -0.1) is 11.3 Å². The van der Waals surface area contributed by atoms with Gasteiger partial charge in [-0.3, -0.25) is 4.79 Å². The predicted molar refractivity (Wildman–Crippen MR) is 78.5 cm³/mol. The third-order valence-electron chi connectivity index (χ3n) is 3.74. The molecule has 0 radical (unpaired) electrons. The summed E-state index contributed by atoms with van der Waals surface area (Å²) >= 11 is 1.41. The number of likely N-dealkylation sites (tertiary alicyclic amines) is 1. The average Bonchev–Trinajstić information content (AvgIpc) is 2.94. The Bertz CT molecular complexity index is 649. The molecule has 19 heavy (non-hydrogen) atoms. The van der Waals surface area contributed by atoms with E-state index in [-0.39, 0.29) is 5.91 Å². The summed E-state index contributed by atoms with van der Waals surface area (Å²) in [5.74, 6) is 0.642. The SMILES string of the molecule is Cc1ccnc2sc(C(=O)N3CCC(C)C3)c(N)c12. The van der Waals surface area contributed by atoms with Crippen LogP contribution in [0.4, 0.5) is 5.69 Å². The number of anilines is 1. The molecule has 0 aromatic carbocycles. The van der Waals surface area contributed by atoms with Crippen LogP contribution >= 0.6 is 11.3 Å². The molecule has 3 heterocycles. The molecule has 2 N–H and O–H groups in total. The topological polar surface area (TPSA) is 59.2 Å². The molecular weight excluding hydrogens is 258 g/mol. The van der Waals surface area contributed by atoms with Gasteiger partial charge in [0.2, 0.25) is 0 Å². The molecule has 3 rings (SSSR count). The fourth-order valence-electron chi connectivity index (χ4n) is 2.63. The molecule has 2 aromatic heterocycles. The minimum absolute atomic E-state index is 0.0595. The van der Waals surface area contributed by atoms with Gasteiger partial charge in [-0.1, -0.05) is 6.92 Å². The van der Waals surface area contributed by atoms with E-state index in [9.17, 15) is 4.79 Å². The van der Waals surface area contributed by atoms with Gasteiger partial charge in [0.25, 0.3) is 5.91 Å². The molecule has 1 amide bonds. The van der Waals surface area contributed by atoms with Gasteiger partial charge in [0, 0.05) is 24.7 Å². The minimum atomic E-state index is 0.0595. The molecule has 100 valence electrons. The fourth-order valence-corrected chi connectivity index (χ4v) is 3.73. The van der Waals surface area contributed by atoms with Gasteiger partial charge in [-0.05, 0) is 30.9 Å². The minimum Gasteiger partial charge on any atom is -0.397 e. The van der Waals surface area contributed by atoms with Crippen molar-refractivity contribution in [3.8, 4) is 0 Å². The van der Waals surface area contributed by atoms with E-state index in [2.05, 4.69) is 11.9 Å². The molecule has 0 spiro atoms. The molecule has 1 saturated heterocycles. The number of fused-ring (bicyclic) bond motifs is 1. The van der Waals surface area contributed by atoms with Gasteiger partial charge in [0.15, 0.2) is 0 Å². The first kappa shape index (κ1) is 12.4. The summed E-state index contributed by atoms with van der Waals surface area (Å²) in [5, 5.41) is 0.933. The Morgan fingerprint density at radius 1 is 1.58 bits per heavy atom. The van der Waals surface area contributed by atoms with Crippen LogP contribution in [0.3, 0.4) is 0 Å². The van der Waals surface area contributed by atoms with Gasteiger partial charge in [-0.25, -0.2) is 4.98 Å². The second-order valence-electron chi connectivity index (χ2n) is 5.30. The number of carbonyl (C=O) groups is 1. The Balaban J connectivity index is 2.03. The summed E-state index contributed by atoms with van der Waals surface area (Å²) in [6.45, 7) is 5.84. The van der Waals surface area contributed by atoms with Crippen molar-refractivity contribution in [3.63, 3.8) is 0 Å². The van der Waals surface area contributed by atoms with Gasteiger partial charge >= 0.3 is 0 Å². The number of nitrogens with two attached hydrogens (primary N) is 1. The molecule has 4 nitrogen and oxygen atoms in total. The third-order valence-corrected chi connectivity index (χ3v) is 4.84. The molecule has 1 fully saturated rings. The quantitative estimate of drug-likeness (QED) is 0.870. The van der Waals surface area contributed by atoms with E-state index < -0.39 is 0 Å². The molecule has 0 bridgehead atoms. The fraction of sp³-hybridized carbons (Fsp3) is 0.429. The molecule has 2 aromatic rings. The Hall–Kier alpha value is -1.62. The van der Waals surface area contributed by atoms with Crippen LogP contribution in [-0.2, 0) is 0 Å². The first-order chi connectivity index (χ1) is 9.08. The van der Waals surface area contributed by atoms with Crippen molar-refractivity contribution in [2.45, 2.75) is 20.3 Å². The Morgan fingerprint density at radius 2 is 2.37 bits per heavy atom. The van der Waals surface area contributed by atoms with Crippen molar-refractivity contribution in [2.24, 2.45) is 5.92 Å². The number of pyridine rings is 1. The number of rotatable bonds is 1. The van der Waals surface area contributed by atoms with Crippen LogP contribution in [0.5, 0.6) is 0 Å². The maximum atomic E-state index is 12.5. The van der Waals surface area contributed by atoms with Crippen molar-refractivity contribution in [2.75, 3.05) is 18.8 Å². The van der Waals surface area contributed by atoms with Crippen LogP contribution in [-0.4, -0.2) is 28.9 Å². The maximum absolute atomic E-state index is 12.5. The zero-order chi connectivity index (χ0) is 13.6. The molecule has 1 aliphatic rings. The lowest BCUT2D eigenvalue weighted by Crippen LogP contribution is -2.28. The monoisotopic (exact) mass is 275 g/mol. The summed E-state index contributed by atoms with van der Waals surface area (Å²) in [5.41, 5.74) is 7.84. The number of thiophene rings is 1. The average molecular weight is 275 g/mol. The van der Waals surface area contributed by atoms with Crippen LogP contribution < -0.4 is 5.73 Å². The number of carbonyl (C=O) groups excluding carboxylic acids is 1. The highest BCUT2D eigenvalue weighted by atomic mass is 32.1. The van der Waals surface area contributed by atoms with E-state index in [1.807, 2.05) is 17.9 Å². The summed E-state index contributed by atoms with van der Waals surface area (Å²) in [6, 6.07) is 1.93. The normalized spacial score (nSPS) is 19.3. The van der Waals surface area contributed by atoms with Crippen LogP contribution in [0, 0.1) is 12.8 Å². The van der Waals surface area contributed by atoms with Crippen molar-refractivity contribution < 1.29 is 4.79 Å². The Kier molecular flexibility index (Phi) is 2.93. The van der Waals surface area contributed by atoms with E-state index in [1.54, 1.807) is 6.20 Å². The molecule has 1 unspecified atom stereocenters. The van der Waals surface area contributed by atoms with E-state index in [1.165, 1.54) is 11.3 Å². The highest BCUT2D eigenvalue weighted by Crippen LogP contribution is 2.35. The lowest BCUT2D eigenvalue weighted by molar-refractivity contribution is 0.0794. The second-order valence-corrected chi connectivity index (χ2v) is 6.30. The zero-order valence-electron chi connectivity index (χ0n) is 11.1. The molecule has 1 atom stereocenters. The van der Waals surface area contributed by atoms with Crippen molar-refractivity contribution in [1.82, 2.24) is 9.88 Å². The van der Waals surface area contributed by atoms with E-state index in [4.69, 9.17) is 5.73 Å². The van der Waals surface area contributed by atoms with Crippen LogP contribution in [0.1, 0.15) is 28.6 Å². The Morgan fingerprint density at radius 3 is 3.00 bits per heavy atom. The summed E-state index contributed by atoms with van der Waals surface area (Å²) in [7, 11) is 0. The number of amides is 1. The van der Waals surface area contributed by atoms with Gasteiger partial charge in [0.1, 0.15) is 9.71 Å². The summed E-state index contributed by atoms with van der Waals surface area (Å²) in [4.78, 5) is 20.2. The first-order valence-electron chi connectivity index (χ1n) is 6.50. The van der Waals surface area contributed by atoms with Crippen molar-refractivity contribution in [1.29, 1.82) is 0 Å². The van der Waals surface area contributed by atoms with E-state index in [0.717, 1.165) is 35.3 Å². The molecule has 0 saturated carbocycles. The third kappa shape index (κ3) is 1.98. The second kappa shape index (κ2) is 4.49. The Labute approximate surface area is 116 Å². The smallest absolute Gasteiger partial charge is 0.266 e. The number of nitrogen functional groups attached to an aromatic ring is 1. The summed E-state index contributed by atoms with van der Waals surface area (Å²) < 4.78 is 0. The maximum Gasteiger partial charge on any atom is 0.266 e. The number of aryl methyl sites for hydroxylation is 1.